The van der Waals surface area contributed by atoms with Crippen molar-refractivity contribution in [3.05, 3.63) is 95.4 Å². The first-order valence-corrected chi connectivity index (χ1v) is 9.01. The third-order valence-electron chi connectivity index (χ3n) is 4.24. The summed E-state index contributed by atoms with van der Waals surface area (Å²) in [6.07, 6.45) is 1.58. The summed E-state index contributed by atoms with van der Waals surface area (Å²) >= 11 is 0. The summed E-state index contributed by atoms with van der Waals surface area (Å²) in [5.74, 6) is -0.339. The summed E-state index contributed by atoms with van der Waals surface area (Å²) in [4.78, 5) is 24.8. The first-order chi connectivity index (χ1) is 14.2. The number of azo groups is 1. The molecule has 0 saturated heterocycles. The van der Waals surface area contributed by atoms with E-state index in [-0.39, 0.29) is 18.0 Å². The number of carbonyl (C=O) groups excluding carboxylic acids is 1. The van der Waals surface area contributed by atoms with Gasteiger partial charge in [0.1, 0.15) is 6.54 Å². The van der Waals surface area contributed by atoms with Crippen molar-refractivity contribution in [3.63, 3.8) is 0 Å². The van der Waals surface area contributed by atoms with Crippen molar-refractivity contribution in [2.24, 2.45) is 10.2 Å². The second kappa shape index (κ2) is 8.26. The minimum Gasteiger partial charge on any atom is -0.324 e. The van der Waals surface area contributed by atoms with Gasteiger partial charge in [-0.05, 0) is 42.5 Å². The van der Waals surface area contributed by atoms with Crippen molar-refractivity contribution in [1.82, 2.24) is 9.78 Å². The van der Waals surface area contributed by atoms with E-state index in [2.05, 4.69) is 20.6 Å². The molecule has 142 valence electrons. The fourth-order valence-corrected chi connectivity index (χ4v) is 2.80. The summed E-state index contributed by atoms with van der Waals surface area (Å²) in [5, 5.41) is 16.4. The van der Waals surface area contributed by atoms with Crippen molar-refractivity contribution in [3.8, 4) is 0 Å². The number of nitrogens with zero attached hydrogens (tertiary/aromatic N) is 4. The SMILES string of the molecule is O=C(Cn1ncc2ccccc2c1=O)Nc1ccc(N=Nc2ccccc2)cc1. The Balaban J connectivity index is 1.42. The van der Waals surface area contributed by atoms with Crippen molar-refractivity contribution in [2.75, 3.05) is 5.32 Å². The molecule has 4 rings (SSSR count). The molecule has 3 aromatic carbocycles. The molecule has 0 aliphatic rings. The van der Waals surface area contributed by atoms with Crippen molar-refractivity contribution < 1.29 is 4.79 Å². The average molecular weight is 383 g/mol. The molecule has 0 aliphatic heterocycles. The quantitative estimate of drug-likeness (QED) is 0.516. The predicted molar refractivity (Wildman–Crippen MR) is 112 cm³/mol. The molecule has 0 fully saturated rings. The van der Waals surface area contributed by atoms with E-state index in [0.29, 0.717) is 16.8 Å². The standard InChI is InChI=1S/C22H17N5O2/c28-21(15-27-22(29)20-9-5-4-6-16(20)14-23-27)24-17-10-12-19(13-11-17)26-25-18-7-2-1-3-8-18/h1-14H,15H2,(H,24,28). The third kappa shape index (κ3) is 4.41. The van der Waals surface area contributed by atoms with Gasteiger partial charge in [-0.1, -0.05) is 36.4 Å². The number of carbonyl (C=O) groups is 1. The van der Waals surface area contributed by atoms with Crippen LogP contribution in [0.1, 0.15) is 0 Å². The lowest BCUT2D eigenvalue weighted by Crippen LogP contribution is -2.29. The van der Waals surface area contributed by atoms with Gasteiger partial charge in [0.25, 0.3) is 5.56 Å². The van der Waals surface area contributed by atoms with Crippen molar-refractivity contribution in [2.45, 2.75) is 6.54 Å². The Hall–Kier alpha value is -4.13. The lowest BCUT2D eigenvalue weighted by atomic mass is 10.2. The molecular weight excluding hydrogens is 366 g/mol. The molecule has 0 radical (unpaired) electrons. The molecule has 7 nitrogen and oxygen atoms in total. The zero-order valence-electron chi connectivity index (χ0n) is 15.4. The minimum absolute atomic E-state index is 0.168. The zero-order valence-corrected chi connectivity index (χ0v) is 15.4. The number of rotatable bonds is 5. The molecule has 0 saturated carbocycles. The van der Waals surface area contributed by atoms with Crippen LogP contribution in [-0.2, 0) is 11.3 Å². The number of benzene rings is 3. The van der Waals surface area contributed by atoms with E-state index in [1.807, 2.05) is 42.5 Å². The molecule has 7 heteroatoms. The van der Waals surface area contributed by atoms with E-state index in [4.69, 9.17) is 0 Å². The van der Waals surface area contributed by atoms with Crippen LogP contribution < -0.4 is 10.9 Å². The number of nitrogens with one attached hydrogen (secondary N) is 1. The fraction of sp³-hybridized carbons (Fsp3) is 0.0455. The lowest BCUT2D eigenvalue weighted by molar-refractivity contribution is -0.117. The Labute approximate surface area is 166 Å². The van der Waals surface area contributed by atoms with Crippen LogP contribution in [0.4, 0.5) is 17.1 Å². The Bertz CT molecular complexity index is 1230. The van der Waals surface area contributed by atoms with Crippen LogP contribution >= 0.6 is 0 Å². The first-order valence-electron chi connectivity index (χ1n) is 9.01. The van der Waals surface area contributed by atoms with Gasteiger partial charge in [0.15, 0.2) is 0 Å². The van der Waals surface area contributed by atoms with E-state index in [9.17, 15) is 9.59 Å². The Morgan fingerprint density at radius 2 is 1.52 bits per heavy atom. The predicted octanol–water partition coefficient (Wildman–Crippen LogP) is 4.45. The maximum absolute atomic E-state index is 12.4. The number of hydrogen-bond acceptors (Lipinski definition) is 5. The highest BCUT2D eigenvalue weighted by molar-refractivity contribution is 5.90. The fourth-order valence-electron chi connectivity index (χ4n) is 2.80. The number of amides is 1. The lowest BCUT2D eigenvalue weighted by Gasteiger charge is -2.07. The van der Waals surface area contributed by atoms with Crippen molar-refractivity contribution in [1.29, 1.82) is 0 Å². The molecule has 1 N–H and O–H groups in total. The van der Waals surface area contributed by atoms with Gasteiger partial charge in [-0.15, -0.1) is 0 Å². The Kier molecular flexibility index (Phi) is 5.20. The summed E-state index contributed by atoms with van der Waals surface area (Å²) in [6.45, 7) is -0.168. The first kappa shape index (κ1) is 18.2. The topological polar surface area (TPSA) is 88.7 Å². The molecule has 1 aromatic heterocycles. The highest BCUT2D eigenvalue weighted by Crippen LogP contribution is 2.20. The number of aromatic nitrogens is 2. The molecular formula is C22H17N5O2. The molecule has 29 heavy (non-hydrogen) atoms. The van der Waals surface area contributed by atoms with E-state index in [0.717, 1.165) is 15.8 Å². The monoisotopic (exact) mass is 383 g/mol. The highest BCUT2D eigenvalue weighted by atomic mass is 16.2. The molecule has 1 heterocycles. The normalized spacial score (nSPS) is 11.0. The van der Waals surface area contributed by atoms with Crippen molar-refractivity contribution >= 4 is 33.7 Å². The van der Waals surface area contributed by atoms with Crippen LogP contribution in [0.3, 0.4) is 0 Å². The second-order valence-corrected chi connectivity index (χ2v) is 6.33. The van der Waals surface area contributed by atoms with Gasteiger partial charge in [0.05, 0.1) is 23.0 Å². The maximum Gasteiger partial charge on any atom is 0.275 e. The van der Waals surface area contributed by atoms with Gasteiger partial charge in [-0.2, -0.15) is 15.3 Å². The van der Waals surface area contributed by atoms with Crippen LogP contribution in [0.5, 0.6) is 0 Å². The second-order valence-electron chi connectivity index (χ2n) is 6.33. The van der Waals surface area contributed by atoms with Crippen LogP contribution in [0.15, 0.2) is 100 Å². The molecule has 0 aliphatic carbocycles. The summed E-state index contributed by atoms with van der Waals surface area (Å²) in [6, 6.07) is 23.5. The van der Waals surface area contributed by atoms with E-state index in [1.54, 1.807) is 42.6 Å². The number of hydrogen-bond donors (Lipinski definition) is 1. The summed E-state index contributed by atoms with van der Waals surface area (Å²) in [7, 11) is 0. The zero-order chi connectivity index (χ0) is 20.1. The van der Waals surface area contributed by atoms with Crippen LogP contribution in [-0.4, -0.2) is 15.7 Å². The van der Waals surface area contributed by atoms with Gasteiger partial charge < -0.3 is 5.32 Å². The number of fused-ring (bicyclic) bond motifs is 1. The van der Waals surface area contributed by atoms with E-state index in [1.165, 1.54) is 0 Å². The van der Waals surface area contributed by atoms with Crippen LogP contribution in [0.25, 0.3) is 10.8 Å². The largest absolute Gasteiger partial charge is 0.324 e. The smallest absolute Gasteiger partial charge is 0.275 e. The Morgan fingerprint density at radius 3 is 2.28 bits per heavy atom. The van der Waals surface area contributed by atoms with Gasteiger partial charge >= 0.3 is 0 Å². The average Bonchev–Trinajstić information content (AvgIpc) is 2.76. The molecule has 0 unspecified atom stereocenters. The van der Waals surface area contributed by atoms with Crippen LogP contribution in [0, 0.1) is 0 Å². The molecule has 0 spiro atoms. The maximum atomic E-state index is 12.4. The highest BCUT2D eigenvalue weighted by Gasteiger charge is 2.08. The van der Waals surface area contributed by atoms with Gasteiger partial charge in [0.2, 0.25) is 5.91 Å². The van der Waals surface area contributed by atoms with Crippen LogP contribution in [0.2, 0.25) is 0 Å². The van der Waals surface area contributed by atoms with E-state index < -0.39 is 0 Å². The molecule has 0 atom stereocenters. The van der Waals surface area contributed by atoms with Gasteiger partial charge in [0, 0.05) is 11.1 Å². The Morgan fingerprint density at radius 1 is 0.862 bits per heavy atom. The minimum atomic E-state index is -0.339. The molecule has 1 amide bonds. The third-order valence-corrected chi connectivity index (χ3v) is 4.24. The number of anilines is 1. The summed E-state index contributed by atoms with van der Waals surface area (Å²) < 4.78 is 1.15. The summed E-state index contributed by atoms with van der Waals surface area (Å²) in [5.41, 5.74) is 1.73. The molecule has 4 aromatic rings. The van der Waals surface area contributed by atoms with Gasteiger partial charge in [-0.3, -0.25) is 9.59 Å². The van der Waals surface area contributed by atoms with Gasteiger partial charge in [-0.25, -0.2) is 4.68 Å². The van der Waals surface area contributed by atoms with E-state index >= 15 is 0 Å². The molecule has 0 bridgehead atoms.